The van der Waals surface area contributed by atoms with Crippen LogP contribution in [-0.4, -0.2) is 78.3 Å². The normalized spacial score (nSPS) is 2.00. The first-order valence-electron chi connectivity index (χ1n) is 0.577. The van der Waals surface area contributed by atoms with Crippen LogP contribution < -0.4 is 0 Å². The Labute approximate surface area is 83.0 Å². The van der Waals surface area contributed by atoms with Gasteiger partial charge in [-0.1, -0.05) is 0 Å². The predicted octanol–water partition coefficient (Wildman–Crippen LogP) is -1.88. The summed E-state index contributed by atoms with van der Waals surface area (Å²) < 4.78 is 0. The smallest absolute Gasteiger partial charge is 1.00 e. The summed E-state index contributed by atoms with van der Waals surface area (Å²) >= 11 is 0. The molecule has 0 aliphatic heterocycles. The summed E-state index contributed by atoms with van der Waals surface area (Å²) in [5.41, 5.74) is 0. The summed E-state index contributed by atoms with van der Waals surface area (Å²) in [6, 6.07) is 0. The van der Waals surface area contributed by atoms with Gasteiger partial charge in [0.1, 0.15) is 0 Å². The maximum absolute atomic E-state index is 4.64. The van der Waals surface area contributed by atoms with Crippen molar-refractivity contribution in [1.29, 1.82) is 0 Å². The molecule has 0 rings (SSSR count). The van der Waals surface area contributed by atoms with E-state index in [0.717, 1.165) is 10.1 Å². The van der Waals surface area contributed by atoms with E-state index in [1.807, 2.05) is 0 Å². The van der Waals surface area contributed by atoms with Crippen LogP contribution in [0.25, 0.3) is 0 Å². The second-order valence-corrected chi connectivity index (χ2v) is 0. The number of hydrogen-bond acceptors (Lipinski definition) is 0. The van der Waals surface area contributed by atoms with Gasteiger partial charge in [-0.15, -0.1) is 0 Å². The average molecular weight is 110 g/mol. The van der Waals surface area contributed by atoms with Crippen molar-refractivity contribution in [1.82, 2.24) is 0 Å². The molecule has 18 valence electrons. The van der Waals surface area contributed by atoms with Crippen LogP contribution in [0, 0.1) is 0 Å². The molecule has 0 saturated heterocycles. The summed E-state index contributed by atoms with van der Waals surface area (Å²) in [4.78, 5) is 0. The molecular formula is H7BCaMgSi. The molecule has 0 saturated carbocycles. The van der Waals surface area contributed by atoms with Gasteiger partial charge >= 0.3 is 60.8 Å². The first-order valence-corrected chi connectivity index (χ1v) is 1.73. The number of hydrogen-bond donors (Lipinski definition) is 0. The Morgan fingerprint density at radius 1 is 1.50 bits per heavy atom. The van der Waals surface area contributed by atoms with Crippen LogP contribution in [0.2, 0.25) is 0 Å². The second kappa shape index (κ2) is 18.5. The maximum Gasteiger partial charge on any atom is 2.00 e. The molecule has 0 bridgehead atoms. The van der Waals surface area contributed by atoms with Gasteiger partial charge in [-0.3, -0.25) is 0 Å². The summed E-state index contributed by atoms with van der Waals surface area (Å²) in [5, 5.41) is 0. The largest absolute Gasteiger partial charge is 2.00 e. The molecule has 0 atom stereocenters. The fourth-order valence-electron chi connectivity index (χ4n) is 0. The van der Waals surface area contributed by atoms with Crippen molar-refractivity contribution < 1.29 is 5.71 Å². The third-order valence-electron chi connectivity index (χ3n) is 0. The summed E-state index contributed by atoms with van der Waals surface area (Å²) in [5.74, 6) is 0. The van der Waals surface area contributed by atoms with Gasteiger partial charge in [0, 0.05) is 7.44 Å². The van der Waals surface area contributed by atoms with E-state index in [-0.39, 0.29) is 66.5 Å². The zero-order valence-electron chi connectivity index (χ0n) is 6.99. The van der Waals surface area contributed by atoms with E-state index in [2.05, 4.69) is 7.44 Å². The van der Waals surface area contributed by atoms with Crippen LogP contribution in [0.5, 0.6) is 0 Å². The molecule has 0 heterocycles. The third-order valence-corrected chi connectivity index (χ3v) is 0. The van der Waals surface area contributed by atoms with Crippen molar-refractivity contribution >= 4 is 78.3 Å². The zero-order chi connectivity index (χ0) is 2.00. The molecule has 0 fully saturated rings. The van der Waals surface area contributed by atoms with Gasteiger partial charge in [0.05, 0.1) is 0 Å². The quantitative estimate of drug-likeness (QED) is 0.320. The molecule has 4 heavy (non-hydrogen) atoms. The molecule has 4 heteroatoms. The van der Waals surface area contributed by atoms with Gasteiger partial charge < -0.3 is 5.71 Å². The monoisotopic (exact) mass is 110 g/mol. The fraction of sp³-hybridized carbons (Fsp3) is 0. The van der Waals surface area contributed by atoms with E-state index in [9.17, 15) is 0 Å². The van der Waals surface area contributed by atoms with Gasteiger partial charge in [-0.2, -0.15) is 0 Å². The van der Waals surface area contributed by atoms with Crippen LogP contribution in [0.1, 0.15) is 5.71 Å². The van der Waals surface area contributed by atoms with Gasteiger partial charge in [-0.05, 0) is 10.1 Å². The standard InChI is InChI=1S/BH3Si.Ca.Mg.4H/c1-2;;;;;;/h2H3;;;;;;/q;2*+2;4*-1. The Morgan fingerprint density at radius 2 is 1.50 bits per heavy atom. The minimum atomic E-state index is 0. The van der Waals surface area contributed by atoms with Gasteiger partial charge in [0.25, 0.3) is 0 Å². The van der Waals surface area contributed by atoms with Crippen molar-refractivity contribution in [2.24, 2.45) is 0 Å². The Morgan fingerprint density at radius 3 is 1.50 bits per heavy atom. The fourth-order valence-corrected chi connectivity index (χ4v) is 0. The van der Waals surface area contributed by atoms with Crippen LogP contribution in [-0.2, 0) is 0 Å². The molecule has 0 spiro atoms. The molecule has 0 aromatic rings. The first kappa shape index (κ1) is 16.2. The Balaban J connectivity index is -0.000000000333. The number of rotatable bonds is 0. The van der Waals surface area contributed by atoms with Gasteiger partial charge in [0.15, 0.2) is 0 Å². The summed E-state index contributed by atoms with van der Waals surface area (Å²) in [6.45, 7) is 0. The van der Waals surface area contributed by atoms with E-state index in [0.29, 0.717) is 0 Å². The van der Waals surface area contributed by atoms with E-state index >= 15 is 0 Å². The van der Waals surface area contributed by atoms with Crippen LogP contribution >= 0.6 is 0 Å². The van der Waals surface area contributed by atoms with Crippen LogP contribution in [0.15, 0.2) is 0 Å². The molecule has 0 aliphatic carbocycles. The van der Waals surface area contributed by atoms with E-state index in [4.69, 9.17) is 0 Å². The van der Waals surface area contributed by atoms with Crippen molar-refractivity contribution in [2.75, 3.05) is 0 Å². The van der Waals surface area contributed by atoms with E-state index in [1.54, 1.807) is 0 Å². The van der Waals surface area contributed by atoms with Crippen molar-refractivity contribution in [2.45, 2.75) is 0 Å². The third kappa shape index (κ3) is 8.85. The molecule has 0 unspecified atom stereocenters. The van der Waals surface area contributed by atoms with Crippen LogP contribution in [0.4, 0.5) is 0 Å². The Kier molecular flexibility index (Phi) is 75.1. The summed E-state index contributed by atoms with van der Waals surface area (Å²) in [7, 11) is 5.44. The molecule has 0 N–H and O–H groups in total. The SMILES string of the molecule is [B][SiH3].[Ca+2].[H-].[H-].[H-].[H-].[Mg+2]. The zero-order valence-corrected chi connectivity index (χ0v) is 8.61. The molecule has 2 radical (unpaired) electrons. The molecule has 0 aliphatic rings. The van der Waals surface area contributed by atoms with E-state index < -0.39 is 0 Å². The minimum absolute atomic E-state index is 0. The first-order chi connectivity index (χ1) is 1.00. The van der Waals surface area contributed by atoms with Crippen molar-refractivity contribution in [3.05, 3.63) is 0 Å². The van der Waals surface area contributed by atoms with Crippen LogP contribution in [0.3, 0.4) is 0 Å². The molecule has 0 aromatic heterocycles. The van der Waals surface area contributed by atoms with Gasteiger partial charge in [-0.25, -0.2) is 0 Å². The minimum Gasteiger partial charge on any atom is -1.00 e. The van der Waals surface area contributed by atoms with Crippen molar-refractivity contribution in [3.63, 3.8) is 0 Å². The second-order valence-electron chi connectivity index (χ2n) is 0. The van der Waals surface area contributed by atoms with Crippen molar-refractivity contribution in [3.8, 4) is 0 Å². The average Bonchev–Trinajstić information content (AvgIpc) is 1.00. The molecule has 0 nitrogen and oxygen atoms in total. The molecule has 0 aromatic carbocycles. The predicted molar refractivity (Wildman–Crippen MR) is 31.6 cm³/mol. The van der Waals surface area contributed by atoms with E-state index in [1.165, 1.54) is 0 Å². The topological polar surface area (TPSA) is 0 Å². The van der Waals surface area contributed by atoms with Gasteiger partial charge in [0.2, 0.25) is 0 Å². The Bertz CT molecular complexity index is 16.0. The molecule has 0 amide bonds. The molecular weight excluding hydrogens is 103 g/mol. The Hall–Kier alpha value is 2.31. The summed E-state index contributed by atoms with van der Waals surface area (Å²) in [6.07, 6.45) is 0. The maximum atomic E-state index is 4.64.